The van der Waals surface area contributed by atoms with E-state index in [4.69, 9.17) is 14.2 Å². The summed E-state index contributed by atoms with van der Waals surface area (Å²) < 4.78 is 16.2. The van der Waals surface area contributed by atoms with Gasteiger partial charge in [0.25, 0.3) is 5.91 Å². The molecular formula is C22H22N2O4. The second kappa shape index (κ2) is 9.97. The van der Waals surface area contributed by atoms with E-state index < -0.39 is 0 Å². The normalized spacial score (nSPS) is 10.2. The van der Waals surface area contributed by atoms with Gasteiger partial charge in [0.15, 0.2) is 6.61 Å². The van der Waals surface area contributed by atoms with Crippen molar-refractivity contribution in [2.75, 3.05) is 20.3 Å². The van der Waals surface area contributed by atoms with Crippen molar-refractivity contribution in [3.63, 3.8) is 0 Å². The van der Waals surface area contributed by atoms with Crippen LogP contribution < -0.4 is 19.5 Å². The molecular weight excluding hydrogens is 356 g/mol. The van der Waals surface area contributed by atoms with Gasteiger partial charge in [0, 0.05) is 18.8 Å². The molecule has 0 radical (unpaired) electrons. The number of methoxy groups -OCH3 is 1. The van der Waals surface area contributed by atoms with Gasteiger partial charge in [-0.15, -0.1) is 0 Å². The van der Waals surface area contributed by atoms with E-state index in [0.717, 1.165) is 17.7 Å². The van der Waals surface area contributed by atoms with Crippen LogP contribution in [0.4, 0.5) is 0 Å². The fraction of sp³-hybridized carbons (Fsp3) is 0.182. The summed E-state index contributed by atoms with van der Waals surface area (Å²) in [6.45, 7) is 0.508. The fourth-order valence-corrected chi connectivity index (χ4v) is 2.47. The van der Waals surface area contributed by atoms with Crippen molar-refractivity contribution in [1.29, 1.82) is 0 Å². The lowest BCUT2D eigenvalue weighted by atomic mass is 10.1. The van der Waals surface area contributed by atoms with Gasteiger partial charge < -0.3 is 19.5 Å². The molecule has 0 bridgehead atoms. The van der Waals surface area contributed by atoms with Crippen molar-refractivity contribution < 1.29 is 19.0 Å². The van der Waals surface area contributed by atoms with Gasteiger partial charge in [-0.05, 0) is 54.4 Å². The van der Waals surface area contributed by atoms with Crippen molar-refractivity contribution in [3.8, 4) is 23.1 Å². The van der Waals surface area contributed by atoms with Crippen LogP contribution in [-0.4, -0.2) is 31.2 Å². The molecule has 1 aromatic heterocycles. The smallest absolute Gasteiger partial charge is 0.257 e. The zero-order chi connectivity index (χ0) is 19.6. The van der Waals surface area contributed by atoms with Crippen molar-refractivity contribution in [3.05, 3.63) is 78.5 Å². The molecule has 0 aliphatic rings. The molecule has 0 saturated heterocycles. The number of rotatable bonds is 9. The molecule has 0 saturated carbocycles. The molecule has 1 amide bonds. The number of carbonyl (C=O) groups excluding carboxylic acids is 1. The van der Waals surface area contributed by atoms with Gasteiger partial charge in [0.2, 0.25) is 5.88 Å². The summed E-state index contributed by atoms with van der Waals surface area (Å²) in [6.07, 6.45) is 2.41. The van der Waals surface area contributed by atoms with Gasteiger partial charge in [-0.1, -0.05) is 18.2 Å². The number of nitrogens with zero attached hydrogens (tertiary/aromatic N) is 1. The quantitative estimate of drug-likeness (QED) is 0.616. The summed E-state index contributed by atoms with van der Waals surface area (Å²) in [5.74, 6) is 2.42. The average molecular weight is 378 g/mol. The standard InChI is InChI=1S/C22H22N2O4/c1-26-18-7-5-17(6-8-18)13-15-23-21(25)16-27-19-9-11-20(12-10-19)28-22-4-2-3-14-24-22/h2-12,14H,13,15-16H2,1H3,(H,23,25). The van der Waals surface area contributed by atoms with Crippen LogP contribution in [0.5, 0.6) is 23.1 Å². The number of pyridine rings is 1. The molecule has 144 valence electrons. The summed E-state index contributed by atoms with van der Waals surface area (Å²) in [5.41, 5.74) is 1.13. The van der Waals surface area contributed by atoms with Crippen LogP contribution in [0.15, 0.2) is 72.9 Å². The Hall–Kier alpha value is -3.54. The molecule has 28 heavy (non-hydrogen) atoms. The van der Waals surface area contributed by atoms with Gasteiger partial charge in [-0.2, -0.15) is 0 Å². The summed E-state index contributed by atoms with van der Waals surface area (Å²) in [5, 5.41) is 2.85. The summed E-state index contributed by atoms with van der Waals surface area (Å²) in [6, 6.07) is 20.3. The maximum Gasteiger partial charge on any atom is 0.257 e. The fourth-order valence-electron chi connectivity index (χ4n) is 2.47. The summed E-state index contributed by atoms with van der Waals surface area (Å²) in [7, 11) is 1.64. The third kappa shape index (κ3) is 6.02. The zero-order valence-electron chi connectivity index (χ0n) is 15.6. The number of benzene rings is 2. The second-order valence-electron chi connectivity index (χ2n) is 5.98. The van der Waals surface area contributed by atoms with Gasteiger partial charge in [-0.3, -0.25) is 4.79 Å². The number of hydrogen-bond donors (Lipinski definition) is 1. The molecule has 0 aliphatic carbocycles. The minimum atomic E-state index is -0.165. The molecule has 0 spiro atoms. The number of aromatic nitrogens is 1. The van der Waals surface area contributed by atoms with Gasteiger partial charge in [-0.25, -0.2) is 4.98 Å². The van der Waals surface area contributed by atoms with E-state index in [2.05, 4.69) is 10.3 Å². The highest BCUT2D eigenvalue weighted by Gasteiger charge is 2.04. The first-order valence-electron chi connectivity index (χ1n) is 8.94. The van der Waals surface area contributed by atoms with E-state index >= 15 is 0 Å². The maximum atomic E-state index is 11.9. The number of carbonyl (C=O) groups is 1. The highest BCUT2D eigenvalue weighted by atomic mass is 16.5. The molecule has 0 atom stereocenters. The summed E-state index contributed by atoms with van der Waals surface area (Å²) >= 11 is 0. The molecule has 1 heterocycles. The van der Waals surface area contributed by atoms with Crippen molar-refractivity contribution in [2.24, 2.45) is 0 Å². The first-order valence-corrected chi connectivity index (χ1v) is 8.94. The summed E-state index contributed by atoms with van der Waals surface area (Å²) in [4.78, 5) is 16.0. The van der Waals surface area contributed by atoms with Crippen molar-refractivity contribution >= 4 is 5.91 Å². The Bertz CT molecular complexity index is 865. The molecule has 6 nitrogen and oxygen atoms in total. The largest absolute Gasteiger partial charge is 0.497 e. The molecule has 0 aliphatic heterocycles. The lowest BCUT2D eigenvalue weighted by Crippen LogP contribution is -2.30. The van der Waals surface area contributed by atoms with E-state index in [1.54, 1.807) is 43.6 Å². The Kier molecular flexibility index (Phi) is 6.84. The van der Waals surface area contributed by atoms with Crippen molar-refractivity contribution in [1.82, 2.24) is 10.3 Å². The topological polar surface area (TPSA) is 69.7 Å². The second-order valence-corrected chi connectivity index (χ2v) is 5.98. The van der Waals surface area contributed by atoms with E-state index in [-0.39, 0.29) is 12.5 Å². The van der Waals surface area contributed by atoms with Crippen LogP contribution in [0, 0.1) is 0 Å². The molecule has 1 N–H and O–H groups in total. The van der Waals surface area contributed by atoms with Crippen LogP contribution >= 0.6 is 0 Å². The van der Waals surface area contributed by atoms with E-state index in [1.165, 1.54) is 0 Å². The SMILES string of the molecule is COc1ccc(CCNC(=O)COc2ccc(Oc3ccccn3)cc2)cc1. The van der Waals surface area contributed by atoms with Crippen LogP contribution in [0.25, 0.3) is 0 Å². The Labute approximate surface area is 164 Å². The van der Waals surface area contributed by atoms with Crippen LogP contribution in [0.2, 0.25) is 0 Å². The van der Waals surface area contributed by atoms with Crippen LogP contribution in [0.3, 0.4) is 0 Å². The average Bonchev–Trinajstić information content (AvgIpc) is 2.74. The third-order valence-corrected chi connectivity index (χ3v) is 3.95. The first-order chi connectivity index (χ1) is 13.7. The van der Waals surface area contributed by atoms with Crippen LogP contribution in [-0.2, 0) is 11.2 Å². The van der Waals surface area contributed by atoms with Gasteiger partial charge in [0.1, 0.15) is 17.2 Å². The van der Waals surface area contributed by atoms with Gasteiger partial charge >= 0.3 is 0 Å². The number of ether oxygens (including phenoxy) is 3. The lowest BCUT2D eigenvalue weighted by molar-refractivity contribution is -0.123. The van der Waals surface area contributed by atoms with Crippen LogP contribution in [0.1, 0.15) is 5.56 Å². The minimum absolute atomic E-state index is 0.0386. The third-order valence-electron chi connectivity index (χ3n) is 3.95. The monoisotopic (exact) mass is 378 g/mol. The molecule has 3 rings (SSSR count). The number of nitrogens with one attached hydrogen (secondary N) is 1. The Morgan fingerprint density at radius 1 is 0.929 bits per heavy atom. The maximum absolute atomic E-state index is 11.9. The predicted octanol–water partition coefficient (Wildman–Crippen LogP) is 3.62. The predicted molar refractivity (Wildman–Crippen MR) is 106 cm³/mol. The molecule has 6 heteroatoms. The molecule has 0 fully saturated rings. The lowest BCUT2D eigenvalue weighted by Gasteiger charge is -2.09. The van der Waals surface area contributed by atoms with E-state index in [0.29, 0.717) is 23.9 Å². The Balaban J connectivity index is 1.38. The molecule has 2 aromatic carbocycles. The minimum Gasteiger partial charge on any atom is -0.497 e. The van der Waals surface area contributed by atoms with Gasteiger partial charge in [0.05, 0.1) is 7.11 Å². The zero-order valence-corrected chi connectivity index (χ0v) is 15.6. The van der Waals surface area contributed by atoms with E-state index in [9.17, 15) is 4.79 Å². The molecule has 3 aromatic rings. The van der Waals surface area contributed by atoms with E-state index in [1.807, 2.05) is 36.4 Å². The molecule has 0 unspecified atom stereocenters. The Morgan fingerprint density at radius 3 is 2.32 bits per heavy atom. The highest BCUT2D eigenvalue weighted by Crippen LogP contribution is 2.22. The first kappa shape index (κ1) is 19.2. The Morgan fingerprint density at radius 2 is 1.64 bits per heavy atom. The van der Waals surface area contributed by atoms with Crippen molar-refractivity contribution in [2.45, 2.75) is 6.42 Å². The highest BCUT2D eigenvalue weighted by molar-refractivity contribution is 5.77. The number of hydrogen-bond acceptors (Lipinski definition) is 5. The number of amides is 1.